The molecule has 0 saturated heterocycles. The number of hydrogen-bond donors (Lipinski definition) is 3. The molecule has 3 N–H and O–H groups in total. The number of carboxylic acid groups (broad SMARTS) is 1. The smallest absolute Gasteiger partial charge is 0.475 e. The number of halogens is 3. The SMILES string of the molecule is CCCc1ccc(S(=O)(=O)Nc2ccc(C3(C(=O)NC4CCCCCC4)CC3)cc2)cc1.O=C(O)C(F)(F)F. The number of anilines is 1. The summed E-state index contributed by atoms with van der Waals surface area (Å²) >= 11 is 0. The van der Waals surface area contributed by atoms with Gasteiger partial charge >= 0.3 is 12.1 Å². The van der Waals surface area contributed by atoms with Crippen LogP contribution < -0.4 is 10.0 Å². The van der Waals surface area contributed by atoms with E-state index in [-0.39, 0.29) is 16.8 Å². The summed E-state index contributed by atoms with van der Waals surface area (Å²) in [7, 11) is -3.65. The highest BCUT2D eigenvalue weighted by atomic mass is 32.2. The number of aryl methyl sites for hydroxylation is 1. The Bertz CT molecular complexity index is 1220. The van der Waals surface area contributed by atoms with Crippen molar-refractivity contribution >= 4 is 27.6 Å². The highest BCUT2D eigenvalue weighted by Crippen LogP contribution is 2.49. The molecule has 0 spiro atoms. The second kappa shape index (κ2) is 12.8. The third-order valence-electron chi connectivity index (χ3n) is 7.08. The molecule has 2 aromatic rings. The minimum atomic E-state index is -5.08. The van der Waals surface area contributed by atoms with Crippen LogP contribution in [-0.4, -0.2) is 37.6 Å². The van der Waals surface area contributed by atoms with Crippen LogP contribution in [0.15, 0.2) is 53.4 Å². The van der Waals surface area contributed by atoms with E-state index in [0.717, 1.165) is 49.7 Å². The van der Waals surface area contributed by atoms with Gasteiger partial charge in [0.15, 0.2) is 0 Å². The lowest BCUT2D eigenvalue weighted by molar-refractivity contribution is -0.192. The monoisotopic (exact) mass is 568 g/mol. The standard InChI is InChI=1S/C26H34N2O3S.C2HF3O2/c1-2-7-20-10-16-24(17-11-20)32(30,31)28-23-14-12-21(13-15-23)26(18-19-26)25(29)27-22-8-5-3-4-6-9-22;3-2(4,5)1(6)7/h10-17,22,28H,2-9,18-19H2,1H3,(H,27,29);(H,6,7). The number of benzene rings is 2. The average molecular weight is 569 g/mol. The van der Waals surface area contributed by atoms with Gasteiger partial charge in [-0.2, -0.15) is 13.2 Å². The van der Waals surface area contributed by atoms with Crippen molar-refractivity contribution in [3.63, 3.8) is 0 Å². The van der Waals surface area contributed by atoms with Crippen LogP contribution in [0, 0.1) is 0 Å². The lowest BCUT2D eigenvalue weighted by Gasteiger charge is -2.22. The molecule has 11 heteroatoms. The fraction of sp³-hybridized carbons (Fsp3) is 0.500. The molecule has 2 saturated carbocycles. The molecule has 0 aromatic heterocycles. The molecule has 0 heterocycles. The van der Waals surface area contributed by atoms with Crippen molar-refractivity contribution in [1.82, 2.24) is 5.32 Å². The Morgan fingerprint density at radius 1 is 0.949 bits per heavy atom. The first-order chi connectivity index (χ1) is 18.4. The molecule has 0 radical (unpaired) electrons. The molecule has 0 bridgehead atoms. The maximum atomic E-state index is 13.1. The van der Waals surface area contributed by atoms with Crippen molar-refractivity contribution in [2.24, 2.45) is 0 Å². The fourth-order valence-electron chi connectivity index (χ4n) is 4.71. The zero-order chi connectivity index (χ0) is 28.7. The molecule has 0 unspecified atom stereocenters. The van der Waals surface area contributed by atoms with Crippen LogP contribution >= 0.6 is 0 Å². The van der Waals surface area contributed by atoms with E-state index in [1.54, 1.807) is 24.3 Å². The summed E-state index contributed by atoms with van der Waals surface area (Å²) in [5.41, 5.74) is 2.16. The molecule has 4 rings (SSSR count). The summed E-state index contributed by atoms with van der Waals surface area (Å²) in [5, 5.41) is 10.4. The maximum Gasteiger partial charge on any atom is 0.490 e. The molecule has 2 aliphatic carbocycles. The van der Waals surface area contributed by atoms with Gasteiger partial charge in [-0.25, -0.2) is 13.2 Å². The van der Waals surface area contributed by atoms with Crippen LogP contribution in [0.1, 0.15) is 75.8 Å². The molecule has 1 amide bonds. The van der Waals surface area contributed by atoms with Crippen molar-refractivity contribution < 1.29 is 36.3 Å². The third kappa shape index (κ3) is 8.45. The molecule has 2 aromatic carbocycles. The Morgan fingerprint density at radius 3 is 1.95 bits per heavy atom. The van der Waals surface area contributed by atoms with Crippen LogP contribution in [0.25, 0.3) is 0 Å². The van der Waals surface area contributed by atoms with Crippen LogP contribution in [0.2, 0.25) is 0 Å². The normalized spacial score (nSPS) is 17.2. The van der Waals surface area contributed by atoms with Crippen molar-refractivity contribution in [1.29, 1.82) is 0 Å². The first kappa shape index (κ1) is 30.5. The Morgan fingerprint density at radius 2 is 1.49 bits per heavy atom. The second-order valence-corrected chi connectivity index (χ2v) is 11.8. The van der Waals surface area contributed by atoms with Gasteiger partial charge in [-0.3, -0.25) is 9.52 Å². The number of rotatable bonds is 8. The van der Waals surface area contributed by atoms with E-state index in [1.807, 2.05) is 24.3 Å². The number of hydrogen-bond acceptors (Lipinski definition) is 4. The van der Waals surface area contributed by atoms with E-state index >= 15 is 0 Å². The van der Waals surface area contributed by atoms with Crippen molar-refractivity contribution in [2.75, 3.05) is 4.72 Å². The van der Waals surface area contributed by atoms with E-state index in [9.17, 15) is 26.4 Å². The summed E-state index contributed by atoms with van der Waals surface area (Å²) in [6.45, 7) is 2.10. The molecule has 0 atom stereocenters. The Balaban J connectivity index is 0.000000532. The van der Waals surface area contributed by atoms with Crippen LogP contribution in [-0.2, 0) is 31.4 Å². The van der Waals surface area contributed by atoms with Crippen molar-refractivity contribution in [3.8, 4) is 0 Å². The summed E-state index contributed by atoms with van der Waals surface area (Å²) in [4.78, 5) is 22.2. The van der Waals surface area contributed by atoms with E-state index in [4.69, 9.17) is 9.90 Å². The van der Waals surface area contributed by atoms with Gasteiger partial charge in [0, 0.05) is 11.7 Å². The van der Waals surface area contributed by atoms with Gasteiger partial charge in [0.05, 0.1) is 10.3 Å². The molecule has 39 heavy (non-hydrogen) atoms. The van der Waals surface area contributed by atoms with Gasteiger partial charge in [-0.15, -0.1) is 0 Å². The Kier molecular flexibility index (Phi) is 10.0. The molecular weight excluding hydrogens is 533 g/mol. The van der Waals surface area contributed by atoms with Gasteiger partial charge in [0.1, 0.15) is 0 Å². The molecular formula is C28H35F3N2O5S. The third-order valence-corrected chi connectivity index (χ3v) is 8.48. The highest BCUT2D eigenvalue weighted by molar-refractivity contribution is 7.92. The number of aliphatic carboxylic acids is 1. The number of amides is 1. The lowest BCUT2D eigenvalue weighted by atomic mass is 9.94. The molecule has 214 valence electrons. The topological polar surface area (TPSA) is 113 Å². The molecule has 2 aliphatic rings. The largest absolute Gasteiger partial charge is 0.490 e. The minimum absolute atomic E-state index is 0.130. The first-order valence-electron chi connectivity index (χ1n) is 13.2. The molecule has 0 aliphatic heterocycles. The highest BCUT2D eigenvalue weighted by Gasteiger charge is 2.51. The summed E-state index contributed by atoms with van der Waals surface area (Å²) in [5.74, 6) is -2.63. The van der Waals surface area contributed by atoms with Gasteiger partial charge in [-0.1, -0.05) is 63.3 Å². The predicted molar refractivity (Wildman–Crippen MR) is 142 cm³/mol. The van der Waals surface area contributed by atoms with Gasteiger partial charge in [-0.05, 0) is 67.5 Å². The number of sulfonamides is 1. The number of carboxylic acids is 1. The van der Waals surface area contributed by atoms with Crippen LogP contribution in [0.5, 0.6) is 0 Å². The van der Waals surface area contributed by atoms with Gasteiger partial charge in [0.2, 0.25) is 5.91 Å². The zero-order valence-electron chi connectivity index (χ0n) is 21.9. The maximum absolute atomic E-state index is 13.1. The quantitative estimate of drug-likeness (QED) is 0.341. The van der Waals surface area contributed by atoms with E-state index in [1.165, 1.54) is 25.7 Å². The summed E-state index contributed by atoms with van der Waals surface area (Å²) in [6.07, 6.45) is 5.62. The van der Waals surface area contributed by atoms with Gasteiger partial charge < -0.3 is 10.4 Å². The Labute approximate surface area is 227 Å². The second-order valence-electron chi connectivity index (χ2n) is 10.1. The van der Waals surface area contributed by atoms with Crippen molar-refractivity contribution in [2.45, 2.75) is 93.7 Å². The van der Waals surface area contributed by atoms with E-state index < -0.39 is 27.6 Å². The minimum Gasteiger partial charge on any atom is -0.475 e. The number of nitrogens with one attached hydrogen (secondary N) is 2. The van der Waals surface area contributed by atoms with Crippen LogP contribution in [0.4, 0.5) is 18.9 Å². The van der Waals surface area contributed by atoms with Crippen LogP contribution in [0.3, 0.4) is 0 Å². The Hall–Kier alpha value is -3.08. The number of carbonyl (C=O) groups excluding carboxylic acids is 1. The fourth-order valence-corrected chi connectivity index (χ4v) is 5.77. The number of carbonyl (C=O) groups is 2. The molecule has 7 nitrogen and oxygen atoms in total. The predicted octanol–water partition coefficient (Wildman–Crippen LogP) is 5.94. The summed E-state index contributed by atoms with van der Waals surface area (Å²) < 4.78 is 59.9. The molecule has 2 fully saturated rings. The van der Waals surface area contributed by atoms with E-state index in [0.29, 0.717) is 5.69 Å². The first-order valence-corrected chi connectivity index (χ1v) is 14.7. The zero-order valence-corrected chi connectivity index (χ0v) is 22.7. The lowest BCUT2D eigenvalue weighted by Crippen LogP contribution is -2.41. The van der Waals surface area contributed by atoms with E-state index in [2.05, 4.69) is 17.0 Å². The van der Waals surface area contributed by atoms with Crippen molar-refractivity contribution in [3.05, 3.63) is 59.7 Å². The number of alkyl halides is 3. The van der Waals surface area contributed by atoms with Gasteiger partial charge in [0.25, 0.3) is 10.0 Å². The summed E-state index contributed by atoms with van der Waals surface area (Å²) in [6, 6.07) is 14.6. The average Bonchev–Trinajstić information content (AvgIpc) is 3.71.